The van der Waals surface area contributed by atoms with E-state index < -0.39 is 0 Å². The molecule has 0 aliphatic carbocycles. The molecule has 114 valence electrons. The summed E-state index contributed by atoms with van der Waals surface area (Å²) in [4.78, 5) is 0. The van der Waals surface area contributed by atoms with Crippen molar-refractivity contribution in [2.75, 3.05) is 24.7 Å². The highest BCUT2D eigenvalue weighted by Crippen LogP contribution is 2.18. The van der Waals surface area contributed by atoms with Crippen LogP contribution < -0.4 is 5.32 Å². The molecular formula is C15H27N3OS. The fourth-order valence-corrected chi connectivity index (χ4v) is 3.61. The lowest BCUT2D eigenvalue weighted by Gasteiger charge is -2.31. The SMILES string of the molecule is CCCNC(Cc1cc(C)nn1CC)C1CSCCO1. The standard InChI is InChI=1S/C15H27N3OS/c1-4-6-16-14(15-11-20-8-7-19-15)10-13-9-12(3)17-18(13)5-2/h9,14-16H,4-8,10-11H2,1-3H3. The van der Waals surface area contributed by atoms with E-state index in [0.29, 0.717) is 12.1 Å². The van der Waals surface area contributed by atoms with E-state index in [0.717, 1.165) is 49.7 Å². The van der Waals surface area contributed by atoms with Gasteiger partial charge < -0.3 is 10.1 Å². The first kappa shape index (κ1) is 15.9. The van der Waals surface area contributed by atoms with Crippen molar-refractivity contribution < 1.29 is 4.74 Å². The summed E-state index contributed by atoms with van der Waals surface area (Å²) in [7, 11) is 0. The van der Waals surface area contributed by atoms with Gasteiger partial charge in [-0.2, -0.15) is 16.9 Å². The Bertz CT molecular complexity index is 402. The summed E-state index contributed by atoms with van der Waals surface area (Å²) in [5.74, 6) is 2.23. The van der Waals surface area contributed by atoms with Crippen LogP contribution in [0.2, 0.25) is 0 Å². The van der Waals surface area contributed by atoms with Gasteiger partial charge in [-0.1, -0.05) is 6.92 Å². The van der Waals surface area contributed by atoms with Crippen LogP contribution in [0.15, 0.2) is 6.07 Å². The molecule has 1 N–H and O–H groups in total. The van der Waals surface area contributed by atoms with Gasteiger partial charge in [0.15, 0.2) is 0 Å². The van der Waals surface area contributed by atoms with Crippen molar-refractivity contribution in [3.8, 4) is 0 Å². The van der Waals surface area contributed by atoms with Crippen LogP contribution in [0.3, 0.4) is 0 Å². The number of aryl methyl sites for hydroxylation is 2. The fourth-order valence-electron chi connectivity index (χ4n) is 2.67. The molecule has 4 nitrogen and oxygen atoms in total. The molecule has 1 aliphatic heterocycles. The minimum absolute atomic E-state index is 0.320. The van der Waals surface area contributed by atoms with Crippen LogP contribution >= 0.6 is 11.8 Å². The molecule has 1 aromatic heterocycles. The molecule has 0 spiro atoms. The lowest BCUT2D eigenvalue weighted by atomic mass is 10.1. The molecule has 2 atom stereocenters. The quantitative estimate of drug-likeness (QED) is 0.838. The van der Waals surface area contributed by atoms with Crippen molar-refractivity contribution in [3.05, 3.63) is 17.5 Å². The van der Waals surface area contributed by atoms with Gasteiger partial charge in [-0.25, -0.2) is 0 Å². The minimum Gasteiger partial charge on any atom is -0.375 e. The Morgan fingerprint density at radius 2 is 2.40 bits per heavy atom. The van der Waals surface area contributed by atoms with Crippen molar-refractivity contribution in [3.63, 3.8) is 0 Å². The summed E-state index contributed by atoms with van der Waals surface area (Å²) >= 11 is 2.00. The van der Waals surface area contributed by atoms with E-state index in [2.05, 4.69) is 41.9 Å². The molecule has 2 rings (SSSR count). The molecular weight excluding hydrogens is 270 g/mol. The Morgan fingerprint density at radius 3 is 3.05 bits per heavy atom. The first-order valence-corrected chi connectivity index (χ1v) is 8.86. The zero-order valence-electron chi connectivity index (χ0n) is 12.9. The van der Waals surface area contributed by atoms with E-state index in [1.54, 1.807) is 0 Å². The minimum atomic E-state index is 0.320. The lowest BCUT2D eigenvalue weighted by molar-refractivity contribution is 0.0467. The highest BCUT2D eigenvalue weighted by atomic mass is 32.2. The van der Waals surface area contributed by atoms with Gasteiger partial charge in [0.05, 0.1) is 18.4 Å². The largest absolute Gasteiger partial charge is 0.375 e. The molecule has 2 unspecified atom stereocenters. The number of thioether (sulfide) groups is 1. The van der Waals surface area contributed by atoms with Crippen LogP contribution in [0.25, 0.3) is 0 Å². The van der Waals surface area contributed by atoms with Crippen molar-refractivity contribution in [1.82, 2.24) is 15.1 Å². The number of hydrogen-bond acceptors (Lipinski definition) is 4. The molecule has 1 aromatic rings. The third-order valence-corrected chi connectivity index (χ3v) is 4.68. The number of nitrogens with zero attached hydrogens (tertiary/aromatic N) is 2. The zero-order chi connectivity index (χ0) is 14.4. The zero-order valence-corrected chi connectivity index (χ0v) is 13.7. The van der Waals surface area contributed by atoms with Gasteiger partial charge in [0, 0.05) is 36.2 Å². The second kappa shape index (κ2) is 8.05. The molecule has 20 heavy (non-hydrogen) atoms. The van der Waals surface area contributed by atoms with E-state index in [4.69, 9.17) is 4.74 Å². The average molecular weight is 297 g/mol. The first-order chi connectivity index (χ1) is 9.74. The van der Waals surface area contributed by atoms with Gasteiger partial charge >= 0.3 is 0 Å². The average Bonchev–Trinajstić information content (AvgIpc) is 2.84. The van der Waals surface area contributed by atoms with Gasteiger partial charge in [-0.3, -0.25) is 4.68 Å². The van der Waals surface area contributed by atoms with E-state index in [1.807, 2.05) is 11.8 Å². The number of hydrogen-bond donors (Lipinski definition) is 1. The number of aromatic nitrogens is 2. The van der Waals surface area contributed by atoms with Gasteiger partial charge in [-0.15, -0.1) is 0 Å². The second-order valence-electron chi connectivity index (χ2n) is 5.34. The Kier molecular flexibility index (Phi) is 6.39. The molecule has 0 radical (unpaired) electrons. The number of ether oxygens (including phenoxy) is 1. The predicted molar refractivity (Wildman–Crippen MR) is 85.5 cm³/mol. The third-order valence-electron chi connectivity index (χ3n) is 3.66. The summed E-state index contributed by atoms with van der Waals surface area (Å²) in [5, 5.41) is 8.22. The molecule has 0 saturated carbocycles. The van der Waals surface area contributed by atoms with Crippen molar-refractivity contribution in [2.45, 2.75) is 52.3 Å². The molecule has 2 heterocycles. The fraction of sp³-hybridized carbons (Fsp3) is 0.800. The van der Waals surface area contributed by atoms with Crippen LogP contribution in [0.4, 0.5) is 0 Å². The summed E-state index contributed by atoms with van der Waals surface area (Å²) < 4.78 is 8.09. The third kappa shape index (κ3) is 4.24. The van der Waals surface area contributed by atoms with Crippen LogP contribution in [-0.2, 0) is 17.7 Å². The van der Waals surface area contributed by atoms with Crippen molar-refractivity contribution >= 4 is 11.8 Å². The predicted octanol–water partition coefficient (Wildman–Crippen LogP) is 2.25. The number of rotatable bonds is 7. The lowest BCUT2D eigenvalue weighted by Crippen LogP contribution is -2.46. The first-order valence-electron chi connectivity index (χ1n) is 7.70. The summed E-state index contributed by atoms with van der Waals surface area (Å²) in [6.45, 7) is 9.29. The summed E-state index contributed by atoms with van der Waals surface area (Å²) in [5.41, 5.74) is 2.42. The molecule has 0 aromatic carbocycles. The highest BCUT2D eigenvalue weighted by Gasteiger charge is 2.25. The molecule has 1 saturated heterocycles. The van der Waals surface area contributed by atoms with E-state index in [9.17, 15) is 0 Å². The molecule has 5 heteroatoms. The molecule has 1 aliphatic rings. The smallest absolute Gasteiger partial charge is 0.0822 e. The molecule has 1 fully saturated rings. The van der Waals surface area contributed by atoms with Gasteiger partial charge in [0.25, 0.3) is 0 Å². The van der Waals surface area contributed by atoms with Gasteiger partial charge in [0.1, 0.15) is 0 Å². The van der Waals surface area contributed by atoms with Crippen LogP contribution in [0.1, 0.15) is 31.7 Å². The second-order valence-corrected chi connectivity index (χ2v) is 6.49. The Labute approximate surface area is 126 Å². The molecule has 0 amide bonds. The normalized spacial score (nSPS) is 21.1. The maximum atomic E-state index is 5.98. The van der Waals surface area contributed by atoms with Crippen molar-refractivity contribution in [2.24, 2.45) is 0 Å². The van der Waals surface area contributed by atoms with Gasteiger partial charge in [-0.05, 0) is 32.9 Å². The monoisotopic (exact) mass is 297 g/mol. The Hall–Kier alpha value is -0.520. The van der Waals surface area contributed by atoms with E-state index in [1.165, 1.54) is 5.69 Å². The number of nitrogens with one attached hydrogen (secondary N) is 1. The maximum Gasteiger partial charge on any atom is 0.0822 e. The van der Waals surface area contributed by atoms with E-state index in [-0.39, 0.29) is 0 Å². The highest BCUT2D eigenvalue weighted by molar-refractivity contribution is 7.99. The Morgan fingerprint density at radius 1 is 1.55 bits per heavy atom. The maximum absolute atomic E-state index is 5.98. The van der Waals surface area contributed by atoms with Crippen LogP contribution in [0.5, 0.6) is 0 Å². The van der Waals surface area contributed by atoms with Crippen LogP contribution in [-0.4, -0.2) is 46.6 Å². The van der Waals surface area contributed by atoms with Crippen LogP contribution in [0, 0.1) is 6.92 Å². The molecule has 0 bridgehead atoms. The van der Waals surface area contributed by atoms with Crippen molar-refractivity contribution in [1.29, 1.82) is 0 Å². The van der Waals surface area contributed by atoms with E-state index >= 15 is 0 Å². The topological polar surface area (TPSA) is 39.1 Å². The summed E-state index contributed by atoms with van der Waals surface area (Å²) in [6.07, 6.45) is 2.48. The van der Waals surface area contributed by atoms with Gasteiger partial charge in [0.2, 0.25) is 0 Å². The summed E-state index contributed by atoms with van der Waals surface area (Å²) in [6, 6.07) is 2.60. The Balaban J connectivity index is 2.05.